The Labute approximate surface area is 179 Å². The van der Waals surface area contributed by atoms with Gasteiger partial charge in [-0.2, -0.15) is 5.10 Å². The van der Waals surface area contributed by atoms with E-state index in [2.05, 4.69) is 15.4 Å². The van der Waals surface area contributed by atoms with Crippen LogP contribution in [-0.2, 0) is 12.8 Å². The number of nitrogens with zero attached hydrogens (tertiary/aromatic N) is 3. The molecule has 10 heteroatoms. The van der Waals surface area contributed by atoms with Crippen LogP contribution < -0.4 is 5.32 Å². The number of hydrogen-bond donors (Lipinski definition) is 1. The van der Waals surface area contributed by atoms with Gasteiger partial charge in [-0.15, -0.1) is 0 Å². The minimum atomic E-state index is -2.84. The van der Waals surface area contributed by atoms with E-state index in [9.17, 15) is 13.6 Å². The number of benzene rings is 2. The van der Waals surface area contributed by atoms with Gasteiger partial charge >= 0.3 is 0 Å². The summed E-state index contributed by atoms with van der Waals surface area (Å²) < 4.78 is 33.1. The molecule has 0 radical (unpaired) electrons. The second kappa shape index (κ2) is 8.45. The Morgan fingerprint density at radius 1 is 1.27 bits per heavy atom. The number of alkyl halides is 2. The van der Waals surface area contributed by atoms with Gasteiger partial charge in [-0.25, -0.2) is 13.8 Å². The first kappa shape index (κ1) is 20.4. The third-order valence-corrected chi connectivity index (χ3v) is 5.36. The molecule has 6 nitrogen and oxygen atoms in total. The zero-order valence-corrected chi connectivity index (χ0v) is 17.2. The van der Waals surface area contributed by atoms with Crippen molar-refractivity contribution in [2.24, 2.45) is 7.05 Å². The number of thioether (sulfide) groups is 1. The van der Waals surface area contributed by atoms with Crippen LogP contribution >= 0.6 is 23.4 Å². The first-order valence-electron chi connectivity index (χ1n) is 8.80. The molecule has 0 fully saturated rings. The summed E-state index contributed by atoms with van der Waals surface area (Å²) in [6.07, 6.45) is -1.58. The molecule has 0 aliphatic rings. The van der Waals surface area contributed by atoms with Crippen molar-refractivity contribution in [2.75, 3.05) is 5.32 Å². The molecule has 0 saturated carbocycles. The van der Waals surface area contributed by atoms with Gasteiger partial charge in [-0.1, -0.05) is 35.5 Å². The summed E-state index contributed by atoms with van der Waals surface area (Å²) >= 11 is 7.32. The highest BCUT2D eigenvalue weighted by molar-refractivity contribution is 7.98. The van der Waals surface area contributed by atoms with Crippen LogP contribution in [0.3, 0.4) is 0 Å². The van der Waals surface area contributed by atoms with Crippen LogP contribution in [0, 0.1) is 0 Å². The van der Waals surface area contributed by atoms with Crippen LogP contribution in [-0.4, -0.2) is 20.7 Å². The van der Waals surface area contributed by atoms with Gasteiger partial charge in [-0.3, -0.25) is 9.48 Å². The number of hydrogen-bond acceptors (Lipinski definition) is 5. The lowest BCUT2D eigenvalue weighted by Gasteiger charge is -2.04. The van der Waals surface area contributed by atoms with Gasteiger partial charge in [0.1, 0.15) is 11.2 Å². The summed E-state index contributed by atoms with van der Waals surface area (Å²) in [5.74, 6) is -0.0102. The minimum Gasteiger partial charge on any atom is -0.431 e. The Bertz CT molecular complexity index is 1210. The van der Waals surface area contributed by atoms with E-state index in [4.69, 9.17) is 16.0 Å². The average molecular weight is 449 g/mol. The molecule has 0 saturated heterocycles. The number of rotatable bonds is 6. The van der Waals surface area contributed by atoms with Crippen molar-refractivity contribution < 1.29 is 18.0 Å². The fraction of sp³-hybridized carbons (Fsp3) is 0.150. The van der Waals surface area contributed by atoms with E-state index in [0.717, 1.165) is 5.56 Å². The number of aromatic nitrogens is 3. The van der Waals surface area contributed by atoms with Crippen molar-refractivity contribution in [1.29, 1.82) is 0 Å². The van der Waals surface area contributed by atoms with Crippen molar-refractivity contribution in [3.63, 3.8) is 0 Å². The second-order valence-electron chi connectivity index (χ2n) is 6.43. The quantitative estimate of drug-likeness (QED) is 0.383. The molecule has 4 rings (SSSR count). The van der Waals surface area contributed by atoms with Gasteiger partial charge in [0.05, 0.1) is 5.56 Å². The molecular formula is C20H15ClF2N4O2S. The maximum absolute atomic E-state index is 13.1. The maximum Gasteiger partial charge on any atom is 0.282 e. The van der Waals surface area contributed by atoms with Gasteiger partial charge in [-0.05, 0) is 35.9 Å². The van der Waals surface area contributed by atoms with Gasteiger partial charge < -0.3 is 9.73 Å². The lowest BCUT2D eigenvalue weighted by molar-refractivity contribution is 0.101. The Kier molecular flexibility index (Phi) is 5.74. The normalized spacial score (nSPS) is 11.4. The topological polar surface area (TPSA) is 73.0 Å². The smallest absolute Gasteiger partial charge is 0.282 e. The van der Waals surface area contributed by atoms with E-state index in [1.807, 2.05) is 24.3 Å². The molecule has 0 unspecified atom stereocenters. The zero-order chi connectivity index (χ0) is 21.3. The Morgan fingerprint density at radius 3 is 2.77 bits per heavy atom. The molecule has 2 heterocycles. The molecule has 1 amide bonds. The zero-order valence-electron chi connectivity index (χ0n) is 15.6. The number of amides is 1. The van der Waals surface area contributed by atoms with Gasteiger partial charge in [0.15, 0.2) is 5.58 Å². The molecule has 0 aliphatic heterocycles. The number of aryl methyl sites for hydroxylation is 1. The maximum atomic E-state index is 13.1. The molecule has 1 N–H and O–H groups in total. The molecule has 0 atom stereocenters. The van der Waals surface area contributed by atoms with E-state index in [0.29, 0.717) is 32.8 Å². The molecule has 0 aliphatic carbocycles. The molecule has 154 valence electrons. The summed E-state index contributed by atoms with van der Waals surface area (Å²) in [4.78, 5) is 16.8. The first-order chi connectivity index (χ1) is 14.4. The average Bonchev–Trinajstić information content (AvgIpc) is 3.30. The van der Waals surface area contributed by atoms with Gasteiger partial charge in [0.2, 0.25) is 0 Å². The highest BCUT2D eigenvalue weighted by Gasteiger charge is 2.23. The predicted molar refractivity (Wildman–Crippen MR) is 111 cm³/mol. The van der Waals surface area contributed by atoms with E-state index in [1.165, 1.54) is 29.7 Å². The van der Waals surface area contributed by atoms with Crippen molar-refractivity contribution in [1.82, 2.24) is 14.8 Å². The van der Waals surface area contributed by atoms with Crippen LogP contribution in [0.1, 0.15) is 28.0 Å². The lowest BCUT2D eigenvalue weighted by Crippen LogP contribution is -2.13. The summed E-state index contributed by atoms with van der Waals surface area (Å²) in [6.45, 7) is 0. The Hall–Kier alpha value is -2.91. The van der Waals surface area contributed by atoms with Crippen LogP contribution in [0.4, 0.5) is 14.5 Å². The van der Waals surface area contributed by atoms with E-state index < -0.39 is 18.0 Å². The number of nitrogens with one attached hydrogen (secondary N) is 1. The number of fused-ring (bicyclic) bond motifs is 1. The van der Waals surface area contributed by atoms with Crippen molar-refractivity contribution >= 4 is 46.1 Å². The third-order valence-electron chi connectivity index (χ3n) is 4.21. The highest BCUT2D eigenvalue weighted by atomic mass is 35.5. The molecule has 2 aromatic heterocycles. The van der Waals surface area contributed by atoms with E-state index in [1.54, 1.807) is 18.2 Å². The molecular weight excluding hydrogens is 434 g/mol. The Morgan fingerprint density at radius 2 is 2.03 bits per heavy atom. The molecule has 0 spiro atoms. The molecule has 4 aromatic rings. The third kappa shape index (κ3) is 4.47. The minimum absolute atomic E-state index is 0.174. The molecule has 0 bridgehead atoms. The summed E-state index contributed by atoms with van der Waals surface area (Å²) in [6, 6.07) is 12.4. The number of halogens is 3. The van der Waals surface area contributed by atoms with E-state index in [-0.39, 0.29) is 5.56 Å². The van der Waals surface area contributed by atoms with Crippen LogP contribution in [0.2, 0.25) is 5.02 Å². The van der Waals surface area contributed by atoms with Crippen LogP contribution in [0.15, 0.2) is 58.3 Å². The first-order valence-corrected chi connectivity index (χ1v) is 10.2. The second-order valence-corrected chi connectivity index (χ2v) is 7.80. The summed E-state index contributed by atoms with van der Waals surface area (Å²) in [7, 11) is 1.48. The van der Waals surface area contributed by atoms with Crippen LogP contribution in [0.5, 0.6) is 0 Å². The number of carbonyl (C=O) groups excluding carboxylic acids is 1. The SMILES string of the molecule is Cn1cc(C(=O)Nc2ccc3oc(SCc4ccc(Cl)cc4)nc3c2)c(C(F)F)n1. The number of oxazole rings is 1. The monoisotopic (exact) mass is 448 g/mol. The molecule has 30 heavy (non-hydrogen) atoms. The van der Waals surface area contributed by atoms with Gasteiger partial charge in [0, 0.05) is 29.7 Å². The highest BCUT2D eigenvalue weighted by Crippen LogP contribution is 2.29. The van der Waals surface area contributed by atoms with Gasteiger partial charge in [0.25, 0.3) is 17.6 Å². The Balaban J connectivity index is 1.48. The number of anilines is 1. The fourth-order valence-electron chi connectivity index (χ4n) is 2.81. The summed E-state index contributed by atoms with van der Waals surface area (Å²) in [5.41, 5.74) is 1.86. The van der Waals surface area contributed by atoms with Crippen molar-refractivity contribution in [2.45, 2.75) is 17.4 Å². The largest absolute Gasteiger partial charge is 0.431 e. The van der Waals surface area contributed by atoms with Crippen molar-refractivity contribution in [3.8, 4) is 0 Å². The lowest BCUT2D eigenvalue weighted by atomic mass is 10.2. The summed E-state index contributed by atoms with van der Waals surface area (Å²) in [5, 5.41) is 7.40. The standard InChI is InChI=1S/C20H15ClF2N4O2S/c1-27-9-14(17(26-27)18(22)23)19(28)24-13-6-7-16-15(8-13)25-20(29-16)30-10-11-2-4-12(21)5-3-11/h2-9,18H,10H2,1H3,(H,24,28). The fourth-order valence-corrected chi connectivity index (χ4v) is 3.73. The van der Waals surface area contributed by atoms with Crippen molar-refractivity contribution in [3.05, 3.63) is 70.5 Å². The molecule has 2 aromatic carbocycles. The predicted octanol–water partition coefficient (Wildman–Crippen LogP) is 5.70. The van der Waals surface area contributed by atoms with E-state index >= 15 is 0 Å². The van der Waals surface area contributed by atoms with Crippen LogP contribution in [0.25, 0.3) is 11.1 Å². The number of carbonyl (C=O) groups is 1.